The van der Waals surface area contributed by atoms with Gasteiger partial charge in [0.2, 0.25) is 6.79 Å². The summed E-state index contributed by atoms with van der Waals surface area (Å²) in [5.41, 5.74) is 3.11. The number of rotatable bonds is 4. The largest absolute Gasteiger partial charge is 0.454 e. The van der Waals surface area contributed by atoms with Crippen LogP contribution in [0.25, 0.3) is 11.1 Å². The van der Waals surface area contributed by atoms with Crippen molar-refractivity contribution in [2.24, 2.45) is 0 Å². The van der Waals surface area contributed by atoms with Gasteiger partial charge in [0.25, 0.3) is 0 Å². The second-order valence-corrected chi connectivity index (χ2v) is 6.12. The highest BCUT2D eigenvalue weighted by molar-refractivity contribution is 5.67. The molecule has 0 spiro atoms. The lowest BCUT2D eigenvalue weighted by molar-refractivity contribution is 0.0143. The molecule has 1 atom stereocenters. The van der Waals surface area contributed by atoms with Crippen LogP contribution in [0.4, 0.5) is 0 Å². The molecular weight excluding hydrogens is 306 g/mol. The number of aliphatic hydroxyl groups excluding tert-OH is 1. The Balaban J connectivity index is 1.46. The predicted octanol–water partition coefficient (Wildman–Crippen LogP) is 2.45. The Morgan fingerprint density at radius 2 is 1.62 bits per heavy atom. The van der Waals surface area contributed by atoms with Crippen molar-refractivity contribution >= 4 is 0 Å². The van der Waals surface area contributed by atoms with Crippen LogP contribution in [0, 0.1) is 0 Å². The lowest BCUT2D eigenvalue weighted by Crippen LogP contribution is -2.38. The topological polar surface area (TPSA) is 51.2 Å². The molecule has 0 radical (unpaired) electrons. The summed E-state index contributed by atoms with van der Waals surface area (Å²) in [4.78, 5) is 2.24. The lowest BCUT2D eigenvalue weighted by atomic mass is 10.0. The van der Waals surface area contributed by atoms with E-state index in [0.717, 1.165) is 54.5 Å². The van der Waals surface area contributed by atoms with Crippen molar-refractivity contribution in [3.8, 4) is 22.6 Å². The second kappa shape index (κ2) is 6.81. The van der Waals surface area contributed by atoms with Gasteiger partial charge in [-0.05, 0) is 28.8 Å². The number of fused-ring (bicyclic) bond motifs is 1. The molecule has 4 rings (SSSR count). The van der Waals surface area contributed by atoms with Crippen molar-refractivity contribution in [2.75, 3.05) is 39.6 Å². The lowest BCUT2D eigenvalue weighted by Gasteiger charge is -2.28. The van der Waals surface area contributed by atoms with E-state index in [0.29, 0.717) is 6.54 Å². The standard InChI is InChI=1S/C19H21NO4/c21-17(12-20-7-9-22-10-8-20)15-3-1-14(2-4-15)16-5-6-18-19(11-16)24-13-23-18/h1-6,11,17,21H,7-10,12-13H2/t17-/m1/s1. The van der Waals surface area contributed by atoms with Gasteiger partial charge in [-0.1, -0.05) is 30.3 Å². The zero-order chi connectivity index (χ0) is 16.4. The molecule has 2 aromatic rings. The fourth-order valence-corrected chi connectivity index (χ4v) is 3.11. The minimum atomic E-state index is -0.478. The van der Waals surface area contributed by atoms with Gasteiger partial charge in [0.15, 0.2) is 11.5 Å². The van der Waals surface area contributed by atoms with E-state index in [2.05, 4.69) is 4.90 Å². The summed E-state index contributed by atoms with van der Waals surface area (Å²) in [6.45, 7) is 4.18. The fraction of sp³-hybridized carbons (Fsp3) is 0.368. The Kier molecular flexibility index (Phi) is 4.38. The van der Waals surface area contributed by atoms with Crippen LogP contribution in [0.1, 0.15) is 11.7 Å². The van der Waals surface area contributed by atoms with E-state index in [4.69, 9.17) is 14.2 Å². The highest BCUT2D eigenvalue weighted by Crippen LogP contribution is 2.36. The van der Waals surface area contributed by atoms with Gasteiger partial charge in [0, 0.05) is 19.6 Å². The zero-order valence-electron chi connectivity index (χ0n) is 13.5. The van der Waals surface area contributed by atoms with E-state index in [9.17, 15) is 5.11 Å². The molecule has 126 valence electrons. The molecule has 2 aliphatic rings. The Labute approximate surface area is 141 Å². The maximum atomic E-state index is 10.4. The molecule has 1 saturated heterocycles. The Morgan fingerprint density at radius 3 is 2.42 bits per heavy atom. The number of β-amino-alcohol motifs (C(OH)–C–C–N with tert-alkyl or cyclic N) is 1. The maximum absolute atomic E-state index is 10.4. The molecule has 0 amide bonds. The molecular formula is C19H21NO4. The molecule has 24 heavy (non-hydrogen) atoms. The number of morpholine rings is 1. The molecule has 2 aromatic carbocycles. The number of aliphatic hydroxyl groups is 1. The molecule has 0 bridgehead atoms. The van der Waals surface area contributed by atoms with E-state index in [1.807, 2.05) is 42.5 Å². The summed E-state index contributed by atoms with van der Waals surface area (Å²) in [7, 11) is 0. The van der Waals surface area contributed by atoms with Gasteiger partial charge in [0.05, 0.1) is 19.3 Å². The van der Waals surface area contributed by atoms with Crippen molar-refractivity contribution in [1.82, 2.24) is 4.90 Å². The number of hydrogen-bond donors (Lipinski definition) is 1. The molecule has 0 aliphatic carbocycles. The Hall–Kier alpha value is -2.08. The van der Waals surface area contributed by atoms with E-state index < -0.39 is 6.10 Å². The summed E-state index contributed by atoms with van der Waals surface area (Å²) < 4.78 is 16.1. The molecule has 2 heterocycles. The van der Waals surface area contributed by atoms with Gasteiger partial charge < -0.3 is 19.3 Å². The molecule has 0 unspecified atom stereocenters. The fourth-order valence-electron chi connectivity index (χ4n) is 3.11. The number of benzene rings is 2. The highest BCUT2D eigenvalue weighted by atomic mass is 16.7. The molecule has 0 saturated carbocycles. The van der Waals surface area contributed by atoms with Crippen LogP contribution in [0.5, 0.6) is 11.5 Å². The first-order valence-corrected chi connectivity index (χ1v) is 8.28. The Bertz CT molecular complexity index is 695. The van der Waals surface area contributed by atoms with E-state index >= 15 is 0 Å². The summed E-state index contributed by atoms with van der Waals surface area (Å²) in [5, 5.41) is 10.4. The van der Waals surface area contributed by atoms with Gasteiger partial charge in [-0.3, -0.25) is 4.90 Å². The maximum Gasteiger partial charge on any atom is 0.231 e. The second-order valence-electron chi connectivity index (χ2n) is 6.12. The monoisotopic (exact) mass is 327 g/mol. The summed E-state index contributed by atoms with van der Waals surface area (Å²) in [5.74, 6) is 1.57. The molecule has 1 N–H and O–H groups in total. The summed E-state index contributed by atoms with van der Waals surface area (Å²) in [6.07, 6.45) is -0.478. The third kappa shape index (κ3) is 3.24. The van der Waals surface area contributed by atoms with Crippen molar-refractivity contribution in [1.29, 1.82) is 0 Å². The van der Waals surface area contributed by atoms with Crippen molar-refractivity contribution in [2.45, 2.75) is 6.10 Å². The van der Waals surface area contributed by atoms with Crippen LogP contribution >= 0.6 is 0 Å². The van der Waals surface area contributed by atoms with Gasteiger partial charge in [0.1, 0.15) is 0 Å². The molecule has 5 heteroatoms. The van der Waals surface area contributed by atoms with Crippen LogP contribution in [0.2, 0.25) is 0 Å². The molecule has 0 aromatic heterocycles. The number of nitrogens with zero attached hydrogens (tertiary/aromatic N) is 1. The average molecular weight is 327 g/mol. The van der Waals surface area contributed by atoms with E-state index in [-0.39, 0.29) is 6.79 Å². The van der Waals surface area contributed by atoms with Crippen LogP contribution < -0.4 is 9.47 Å². The first-order chi connectivity index (χ1) is 11.8. The highest BCUT2D eigenvalue weighted by Gasteiger charge is 2.17. The van der Waals surface area contributed by atoms with Gasteiger partial charge in [-0.25, -0.2) is 0 Å². The van der Waals surface area contributed by atoms with Crippen molar-refractivity contribution in [3.05, 3.63) is 48.0 Å². The minimum Gasteiger partial charge on any atom is -0.454 e. The normalized spacial score (nSPS) is 18.5. The third-order valence-corrected chi connectivity index (χ3v) is 4.54. The van der Waals surface area contributed by atoms with Gasteiger partial charge in [-0.15, -0.1) is 0 Å². The summed E-state index contributed by atoms with van der Waals surface area (Å²) in [6, 6.07) is 14.0. The first-order valence-electron chi connectivity index (χ1n) is 8.28. The summed E-state index contributed by atoms with van der Waals surface area (Å²) >= 11 is 0. The van der Waals surface area contributed by atoms with Crippen molar-refractivity contribution < 1.29 is 19.3 Å². The molecule has 1 fully saturated rings. The third-order valence-electron chi connectivity index (χ3n) is 4.54. The number of ether oxygens (including phenoxy) is 3. The zero-order valence-corrected chi connectivity index (χ0v) is 13.5. The molecule has 2 aliphatic heterocycles. The SMILES string of the molecule is O[C@H](CN1CCOCC1)c1ccc(-c2ccc3c(c2)OCO3)cc1. The van der Waals surface area contributed by atoms with Gasteiger partial charge in [-0.2, -0.15) is 0 Å². The van der Waals surface area contributed by atoms with Crippen LogP contribution in [-0.4, -0.2) is 49.6 Å². The predicted molar refractivity (Wildman–Crippen MR) is 90.2 cm³/mol. The number of hydrogen-bond acceptors (Lipinski definition) is 5. The molecule has 5 nitrogen and oxygen atoms in total. The minimum absolute atomic E-state index is 0.283. The quantitative estimate of drug-likeness (QED) is 0.935. The smallest absolute Gasteiger partial charge is 0.231 e. The van der Waals surface area contributed by atoms with Crippen molar-refractivity contribution in [3.63, 3.8) is 0 Å². The van der Waals surface area contributed by atoms with Gasteiger partial charge >= 0.3 is 0 Å². The first kappa shape index (κ1) is 15.4. The van der Waals surface area contributed by atoms with Crippen LogP contribution in [0.3, 0.4) is 0 Å². The van der Waals surface area contributed by atoms with Crippen LogP contribution in [-0.2, 0) is 4.74 Å². The van der Waals surface area contributed by atoms with E-state index in [1.54, 1.807) is 0 Å². The van der Waals surface area contributed by atoms with E-state index in [1.165, 1.54) is 0 Å². The van der Waals surface area contributed by atoms with Crippen LogP contribution in [0.15, 0.2) is 42.5 Å². The Morgan fingerprint density at radius 1 is 0.917 bits per heavy atom. The average Bonchev–Trinajstić information content (AvgIpc) is 3.10.